The summed E-state index contributed by atoms with van der Waals surface area (Å²) in [7, 11) is 0. The van der Waals surface area contributed by atoms with Gasteiger partial charge in [0.2, 0.25) is 5.95 Å². The van der Waals surface area contributed by atoms with Gasteiger partial charge in [0.15, 0.2) is 11.6 Å². The van der Waals surface area contributed by atoms with Gasteiger partial charge in [-0.15, -0.1) is 11.3 Å². The summed E-state index contributed by atoms with van der Waals surface area (Å²) in [6.45, 7) is 15.8. The molecular weight excluding hydrogens is 638 g/mol. The van der Waals surface area contributed by atoms with E-state index in [4.69, 9.17) is 19.4 Å². The minimum atomic E-state index is -0.794. The molecule has 0 radical (unpaired) electrons. The zero-order chi connectivity index (χ0) is 33.9. The normalized spacial score (nSPS) is 20.4. The van der Waals surface area contributed by atoms with E-state index in [0.29, 0.717) is 22.9 Å². The highest BCUT2D eigenvalue weighted by Gasteiger charge is 2.38. The minimum absolute atomic E-state index is 0.0323. The number of fused-ring (bicyclic) bond motifs is 4. The van der Waals surface area contributed by atoms with Gasteiger partial charge in [-0.2, -0.15) is 5.26 Å². The molecule has 3 aliphatic rings. The number of carbonyl (C=O) groups is 1. The van der Waals surface area contributed by atoms with Crippen LogP contribution in [-0.4, -0.2) is 87.8 Å². The Morgan fingerprint density at radius 1 is 1.15 bits per heavy atom. The van der Waals surface area contributed by atoms with Crippen LogP contribution in [0.25, 0.3) is 32.2 Å². The monoisotopic (exact) mass is 676 g/mol. The Morgan fingerprint density at radius 3 is 2.60 bits per heavy atom. The summed E-state index contributed by atoms with van der Waals surface area (Å²) in [4.78, 5) is 33.7. The van der Waals surface area contributed by atoms with E-state index in [1.807, 2.05) is 0 Å². The number of pyridine rings is 1. The number of hydrogen-bond acceptors (Lipinski definition) is 11. The fourth-order valence-electron chi connectivity index (χ4n) is 7.24. The molecule has 1 N–H and O–H groups in total. The number of anilines is 2. The third-order valence-corrected chi connectivity index (χ3v) is 10.7. The van der Waals surface area contributed by atoms with Gasteiger partial charge in [0.25, 0.3) is 0 Å². The molecule has 0 unspecified atom stereocenters. The first kappa shape index (κ1) is 32.5. The lowest BCUT2D eigenvalue weighted by atomic mass is 9.94. The van der Waals surface area contributed by atoms with Crippen LogP contribution in [-0.2, 0) is 22.7 Å². The maximum atomic E-state index is 17.0. The van der Waals surface area contributed by atoms with Crippen LogP contribution in [0.1, 0.15) is 57.7 Å². The Kier molecular flexibility index (Phi) is 8.43. The number of piperazine rings is 1. The van der Waals surface area contributed by atoms with Crippen LogP contribution in [0, 0.1) is 23.0 Å². The molecule has 3 aromatic heterocycles. The number of likely N-dealkylation sites (N-methyl/N-ethyl adjacent to an activating group) is 1. The minimum Gasteiger partial charge on any atom is -0.444 e. The number of benzene rings is 1. The van der Waals surface area contributed by atoms with Crippen LogP contribution in [0.2, 0.25) is 0 Å². The zero-order valence-corrected chi connectivity index (χ0v) is 28.5. The third-order valence-electron chi connectivity index (χ3n) is 9.61. The van der Waals surface area contributed by atoms with Crippen molar-refractivity contribution >= 4 is 49.4 Å². The van der Waals surface area contributed by atoms with Crippen molar-refractivity contribution in [1.29, 1.82) is 5.26 Å². The number of ether oxygens (including phenoxy) is 2. The molecule has 2 atom stereocenters. The second-order valence-corrected chi connectivity index (χ2v) is 14.6. The molecule has 14 heteroatoms. The highest BCUT2D eigenvalue weighted by atomic mass is 32.1. The Labute approximate surface area is 281 Å². The van der Waals surface area contributed by atoms with Crippen LogP contribution >= 0.6 is 11.3 Å². The smallest absolute Gasteiger partial charge is 0.412 e. The molecule has 1 amide bonds. The van der Waals surface area contributed by atoms with Gasteiger partial charge in [-0.05, 0) is 51.8 Å². The van der Waals surface area contributed by atoms with Crippen molar-refractivity contribution in [2.45, 2.75) is 71.9 Å². The Bertz CT molecular complexity index is 1960. The van der Waals surface area contributed by atoms with E-state index < -0.39 is 23.3 Å². The van der Waals surface area contributed by atoms with Gasteiger partial charge in [-0.25, -0.2) is 23.5 Å². The molecule has 2 saturated heterocycles. The molecule has 252 valence electrons. The SMILES string of the molecule is CCN1CCN([C@H]2CCN(c3ncc4c5c(c(-c6ncc(F)c7sc(NC(=O)OC(C)(C)C)c(C#N)c67)c(F)c4n3)COC5)[C@H]2C)CC1. The van der Waals surface area contributed by atoms with Crippen molar-refractivity contribution in [2.75, 3.05) is 49.5 Å². The predicted molar refractivity (Wildman–Crippen MR) is 180 cm³/mol. The van der Waals surface area contributed by atoms with Gasteiger partial charge in [-0.1, -0.05) is 6.92 Å². The van der Waals surface area contributed by atoms with Gasteiger partial charge in [0.1, 0.15) is 22.2 Å². The first-order valence-corrected chi connectivity index (χ1v) is 17.1. The van der Waals surface area contributed by atoms with Crippen molar-refractivity contribution in [3.05, 3.63) is 40.7 Å². The molecular formula is C34H38F2N8O3S. The number of hydrogen-bond donors (Lipinski definition) is 1. The molecule has 6 heterocycles. The molecule has 2 fully saturated rings. The number of halogens is 2. The second kappa shape index (κ2) is 12.5. The summed E-state index contributed by atoms with van der Waals surface area (Å²) < 4.78 is 43.5. The predicted octanol–water partition coefficient (Wildman–Crippen LogP) is 6.04. The maximum Gasteiger partial charge on any atom is 0.412 e. The summed E-state index contributed by atoms with van der Waals surface area (Å²) in [5.74, 6) is -0.892. The quantitative estimate of drug-likeness (QED) is 0.268. The topological polar surface area (TPSA) is 120 Å². The van der Waals surface area contributed by atoms with E-state index in [0.717, 1.165) is 68.8 Å². The number of amides is 1. The standard InChI is InChI=1S/C34H38F2N8O3S/c1-6-42-9-11-43(12-10-42)24-7-8-44(18(24)2)32-39-14-20-21-16-46-17-22(21)25(27(36)28(20)40-32)29-26-19(13-37)31(41-33(45)47-34(3,4)5)48-30(26)23(35)15-38-29/h14-15,18,24H,6-12,16-17H2,1-5H3,(H,41,45)/t18-,24-/m0/s1. The molecule has 0 aliphatic carbocycles. The first-order valence-electron chi connectivity index (χ1n) is 16.3. The lowest BCUT2D eigenvalue weighted by Gasteiger charge is -2.39. The second-order valence-electron chi connectivity index (χ2n) is 13.5. The van der Waals surface area contributed by atoms with E-state index in [1.54, 1.807) is 27.0 Å². The molecule has 11 nitrogen and oxygen atoms in total. The summed E-state index contributed by atoms with van der Waals surface area (Å²) in [6, 6.07) is 2.56. The van der Waals surface area contributed by atoms with Gasteiger partial charge < -0.3 is 19.3 Å². The van der Waals surface area contributed by atoms with Gasteiger partial charge in [-0.3, -0.25) is 15.2 Å². The Morgan fingerprint density at radius 2 is 1.90 bits per heavy atom. The lowest BCUT2D eigenvalue weighted by Crippen LogP contribution is -2.53. The summed E-state index contributed by atoms with van der Waals surface area (Å²) in [6.07, 6.45) is 2.85. The molecule has 48 heavy (non-hydrogen) atoms. The van der Waals surface area contributed by atoms with E-state index in [9.17, 15) is 10.1 Å². The number of rotatable bonds is 5. The number of carbonyl (C=O) groups excluding carboxylic acids is 1. The molecule has 0 saturated carbocycles. The maximum absolute atomic E-state index is 17.0. The van der Waals surface area contributed by atoms with Crippen molar-refractivity contribution in [2.24, 2.45) is 0 Å². The number of aromatic nitrogens is 3. The van der Waals surface area contributed by atoms with Crippen molar-refractivity contribution < 1.29 is 23.0 Å². The van der Waals surface area contributed by atoms with E-state index in [1.165, 1.54) is 0 Å². The van der Waals surface area contributed by atoms with Crippen molar-refractivity contribution in [1.82, 2.24) is 24.8 Å². The van der Waals surface area contributed by atoms with Crippen LogP contribution in [0.3, 0.4) is 0 Å². The van der Waals surface area contributed by atoms with Gasteiger partial charge >= 0.3 is 6.09 Å². The van der Waals surface area contributed by atoms with Gasteiger partial charge in [0.05, 0.1) is 35.4 Å². The highest BCUT2D eigenvalue weighted by molar-refractivity contribution is 7.23. The molecule has 4 aromatic rings. The summed E-state index contributed by atoms with van der Waals surface area (Å²) >= 11 is 0.872. The number of nitrogens with zero attached hydrogens (tertiary/aromatic N) is 7. The van der Waals surface area contributed by atoms with Crippen LogP contribution in [0.5, 0.6) is 0 Å². The van der Waals surface area contributed by atoms with Crippen LogP contribution < -0.4 is 10.2 Å². The highest BCUT2D eigenvalue weighted by Crippen LogP contribution is 2.46. The number of nitrogens with one attached hydrogen (secondary N) is 1. The van der Waals surface area contributed by atoms with Crippen molar-refractivity contribution in [3.63, 3.8) is 0 Å². The summed E-state index contributed by atoms with van der Waals surface area (Å²) in [5, 5.41) is 13.5. The fourth-order valence-corrected chi connectivity index (χ4v) is 8.28. The Hall–Kier alpha value is -4.03. The van der Waals surface area contributed by atoms with Crippen LogP contribution in [0.4, 0.5) is 24.5 Å². The molecule has 0 bridgehead atoms. The zero-order valence-electron chi connectivity index (χ0n) is 27.7. The average Bonchev–Trinajstić information content (AvgIpc) is 3.78. The molecule has 3 aliphatic heterocycles. The number of nitriles is 1. The molecule has 7 rings (SSSR count). The lowest BCUT2D eigenvalue weighted by molar-refractivity contribution is 0.0636. The first-order chi connectivity index (χ1) is 23.0. The molecule has 0 spiro atoms. The largest absolute Gasteiger partial charge is 0.444 e. The van der Waals surface area contributed by atoms with Gasteiger partial charge in [0, 0.05) is 67.3 Å². The molecule has 1 aromatic carbocycles. The number of thiophene rings is 1. The van der Waals surface area contributed by atoms with Crippen LogP contribution in [0.15, 0.2) is 12.4 Å². The Balaban J connectivity index is 1.31. The fraction of sp³-hybridized carbons (Fsp3) is 0.500. The van der Waals surface area contributed by atoms with Crippen molar-refractivity contribution in [3.8, 4) is 17.3 Å². The van der Waals surface area contributed by atoms with E-state index in [-0.39, 0.29) is 56.7 Å². The third kappa shape index (κ3) is 5.62. The average molecular weight is 677 g/mol. The van der Waals surface area contributed by atoms with E-state index >= 15 is 8.78 Å². The van der Waals surface area contributed by atoms with E-state index in [2.05, 4.69) is 44.9 Å². The summed E-state index contributed by atoms with van der Waals surface area (Å²) in [5.41, 5.74) is 0.756.